The third-order valence-corrected chi connectivity index (χ3v) is 2.18. The smallest absolute Gasteiger partial charge is 0.146 e. The Balaban J connectivity index is 2.62. The fraction of sp³-hybridized carbons (Fsp3) is 0.778. The molecule has 0 bridgehead atoms. The molecule has 0 unspecified atom stereocenters. The molecule has 0 aliphatic carbocycles. The molecule has 0 radical (unpaired) electrons. The van der Waals surface area contributed by atoms with Gasteiger partial charge in [-0.05, 0) is 12.3 Å². The van der Waals surface area contributed by atoms with Crippen molar-refractivity contribution >= 4 is 0 Å². The van der Waals surface area contributed by atoms with Gasteiger partial charge in [0.25, 0.3) is 0 Å². The fourth-order valence-corrected chi connectivity index (χ4v) is 1.21. The summed E-state index contributed by atoms with van der Waals surface area (Å²) in [7, 11) is 1.97. The quantitative estimate of drug-likeness (QED) is 0.751. The maximum absolute atomic E-state index is 5.50. The number of nitrogens with two attached hydrogens (primary N) is 1. The standard InChI is InChI=1S/C9H18N4/c1-7(2)4-5-8-11-12-9(6-10)13(8)3/h7H,4-6,10H2,1-3H3. The van der Waals surface area contributed by atoms with Gasteiger partial charge >= 0.3 is 0 Å². The van der Waals surface area contributed by atoms with Crippen molar-refractivity contribution in [2.24, 2.45) is 18.7 Å². The van der Waals surface area contributed by atoms with Crippen LogP contribution in [0, 0.1) is 5.92 Å². The first-order valence-corrected chi connectivity index (χ1v) is 4.72. The van der Waals surface area contributed by atoms with E-state index < -0.39 is 0 Å². The van der Waals surface area contributed by atoms with Crippen LogP contribution in [0.15, 0.2) is 0 Å². The number of aromatic nitrogens is 3. The van der Waals surface area contributed by atoms with E-state index in [-0.39, 0.29) is 0 Å². The molecule has 0 aliphatic rings. The van der Waals surface area contributed by atoms with E-state index in [0.717, 1.165) is 24.5 Å². The molecule has 0 atom stereocenters. The normalized spacial score (nSPS) is 11.2. The van der Waals surface area contributed by atoms with Crippen molar-refractivity contribution in [2.75, 3.05) is 0 Å². The molecule has 4 nitrogen and oxygen atoms in total. The van der Waals surface area contributed by atoms with Crippen LogP contribution in [0.4, 0.5) is 0 Å². The van der Waals surface area contributed by atoms with Crippen molar-refractivity contribution in [1.29, 1.82) is 0 Å². The van der Waals surface area contributed by atoms with E-state index in [9.17, 15) is 0 Å². The highest BCUT2D eigenvalue weighted by molar-refractivity contribution is 4.94. The zero-order valence-electron chi connectivity index (χ0n) is 8.62. The summed E-state index contributed by atoms with van der Waals surface area (Å²) in [6.07, 6.45) is 2.14. The molecule has 1 aromatic rings. The van der Waals surface area contributed by atoms with Crippen molar-refractivity contribution in [2.45, 2.75) is 33.2 Å². The third kappa shape index (κ3) is 2.52. The highest BCUT2D eigenvalue weighted by Crippen LogP contribution is 2.07. The summed E-state index contributed by atoms with van der Waals surface area (Å²) in [5.41, 5.74) is 5.50. The third-order valence-electron chi connectivity index (χ3n) is 2.18. The molecule has 4 heteroatoms. The Hall–Kier alpha value is -0.900. The minimum Gasteiger partial charge on any atom is -0.324 e. The highest BCUT2D eigenvalue weighted by atomic mass is 15.3. The van der Waals surface area contributed by atoms with Crippen molar-refractivity contribution in [3.05, 3.63) is 11.6 Å². The van der Waals surface area contributed by atoms with Gasteiger partial charge < -0.3 is 10.3 Å². The lowest BCUT2D eigenvalue weighted by Crippen LogP contribution is -2.07. The van der Waals surface area contributed by atoms with E-state index >= 15 is 0 Å². The van der Waals surface area contributed by atoms with Crippen LogP contribution >= 0.6 is 0 Å². The van der Waals surface area contributed by atoms with Crippen molar-refractivity contribution in [3.8, 4) is 0 Å². The highest BCUT2D eigenvalue weighted by Gasteiger charge is 2.06. The molecule has 1 rings (SSSR count). The summed E-state index contributed by atoms with van der Waals surface area (Å²) in [5.74, 6) is 2.60. The predicted octanol–water partition coefficient (Wildman–Crippen LogP) is 0.862. The number of nitrogens with zero attached hydrogens (tertiary/aromatic N) is 3. The Morgan fingerprint density at radius 3 is 2.38 bits per heavy atom. The Kier molecular flexibility index (Phi) is 3.42. The summed E-state index contributed by atoms with van der Waals surface area (Å²) in [6.45, 7) is 4.88. The van der Waals surface area contributed by atoms with Crippen LogP contribution in [-0.2, 0) is 20.0 Å². The van der Waals surface area contributed by atoms with Crippen LogP contribution in [-0.4, -0.2) is 14.8 Å². The average molecular weight is 182 g/mol. The van der Waals surface area contributed by atoms with Gasteiger partial charge in [-0.1, -0.05) is 13.8 Å². The summed E-state index contributed by atoms with van der Waals surface area (Å²) < 4.78 is 1.99. The second-order valence-electron chi connectivity index (χ2n) is 3.73. The van der Waals surface area contributed by atoms with Gasteiger partial charge in [0.05, 0.1) is 6.54 Å². The molecule has 0 saturated heterocycles. The molecule has 74 valence electrons. The maximum atomic E-state index is 5.50. The molecule has 0 aromatic carbocycles. The molecular formula is C9H18N4. The molecule has 0 aliphatic heterocycles. The molecule has 0 saturated carbocycles. The predicted molar refractivity (Wildman–Crippen MR) is 52.1 cm³/mol. The molecule has 0 amide bonds. The molecule has 1 heterocycles. The van der Waals surface area contributed by atoms with Gasteiger partial charge in [0.2, 0.25) is 0 Å². The summed E-state index contributed by atoms with van der Waals surface area (Å²) >= 11 is 0. The Morgan fingerprint density at radius 2 is 1.92 bits per heavy atom. The largest absolute Gasteiger partial charge is 0.324 e. The first-order valence-electron chi connectivity index (χ1n) is 4.72. The Morgan fingerprint density at radius 1 is 1.31 bits per heavy atom. The SMILES string of the molecule is CC(C)CCc1nnc(CN)n1C. The first kappa shape index (κ1) is 10.2. The minimum atomic E-state index is 0.463. The summed E-state index contributed by atoms with van der Waals surface area (Å²) in [6, 6.07) is 0. The van der Waals surface area contributed by atoms with E-state index in [2.05, 4.69) is 24.0 Å². The zero-order valence-corrected chi connectivity index (χ0v) is 8.62. The lowest BCUT2D eigenvalue weighted by atomic mass is 10.1. The Bertz CT molecular complexity index is 265. The molecule has 2 N–H and O–H groups in total. The van der Waals surface area contributed by atoms with Crippen LogP contribution in [0.2, 0.25) is 0 Å². The molecule has 13 heavy (non-hydrogen) atoms. The van der Waals surface area contributed by atoms with E-state index in [4.69, 9.17) is 5.73 Å². The Labute approximate surface area is 79.2 Å². The number of hydrogen-bond donors (Lipinski definition) is 1. The van der Waals surface area contributed by atoms with Crippen LogP contribution in [0.1, 0.15) is 31.9 Å². The number of aryl methyl sites for hydroxylation is 1. The lowest BCUT2D eigenvalue weighted by molar-refractivity contribution is 0.564. The van der Waals surface area contributed by atoms with E-state index in [1.54, 1.807) is 0 Å². The molecule has 0 fully saturated rings. The average Bonchev–Trinajstić information content (AvgIpc) is 2.43. The minimum absolute atomic E-state index is 0.463. The van der Waals surface area contributed by atoms with Gasteiger partial charge in [-0.2, -0.15) is 0 Å². The van der Waals surface area contributed by atoms with Crippen molar-refractivity contribution in [3.63, 3.8) is 0 Å². The van der Waals surface area contributed by atoms with Crippen molar-refractivity contribution < 1.29 is 0 Å². The second-order valence-corrected chi connectivity index (χ2v) is 3.73. The van der Waals surface area contributed by atoms with Crippen LogP contribution in [0.3, 0.4) is 0 Å². The lowest BCUT2D eigenvalue weighted by Gasteiger charge is -2.04. The monoisotopic (exact) mass is 182 g/mol. The van der Waals surface area contributed by atoms with Gasteiger partial charge in [0, 0.05) is 13.5 Å². The number of hydrogen-bond acceptors (Lipinski definition) is 3. The topological polar surface area (TPSA) is 56.7 Å². The van der Waals surface area contributed by atoms with Crippen LogP contribution < -0.4 is 5.73 Å². The number of rotatable bonds is 4. The van der Waals surface area contributed by atoms with Crippen LogP contribution in [0.5, 0.6) is 0 Å². The van der Waals surface area contributed by atoms with Gasteiger partial charge in [0.15, 0.2) is 0 Å². The van der Waals surface area contributed by atoms with E-state index in [1.165, 1.54) is 0 Å². The van der Waals surface area contributed by atoms with Gasteiger partial charge in [0.1, 0.15) is 11.6 Å². The maximum Gasteiger partial charge on any atom is 0.146 e. The van der Waals surface area contributed by atoms with Gasteiger partial charge in [-0.25, -0.2) is 0 Å². The molecule has 1 aromatic heterocycles. The van der Waals surface area contributed by atoms with Gasteiger partial charge in [-0.3, -0.25) is 0 Å². The van der Waals surface area contributed by atoms with Crippen LogP contribution in [0.25, 0.3) is 0 Å². The summed E-state index contributed by atoms with van der Waals surface area (Å²) in [5, 5.41) is 8.09. The molecule has 0 spiro atoms. The first-order chi connectivity index (χ1) is 6.15. The van der Waals surface area contributed by atoms with Crippen molar-refractivity contribution in [1.82, 2.24) is 14.8 Å². The van der Waals surface area contributed by atoms with Gasteiger partial charge in [-0.15, -0.1) is 10.2 Å². The van der Waals surface area contributed by atoms with E-state index in [0.29, 0.717) is 12.5 Å². The fourth-order valence-electron chi connectivity index (χ4n) is 1.21. The summed E-state index contributed by atoms with van der Waals surface area (Å²) in [4.78, 5) is 0. The zero-order chi connectivity index (χ0) is 9.84. The molecular weight excluding hydrogens is 164 g/mol. The van der Waals surface area contributed by atoms with E-state index in [1.807, 2.05) is 11.6 Å². The second kappa shape index (κ2) is 4.37.